The summed E-state index contributed by atoms with van der Waals surface area (Å²) >= 11 is 1.64. The summed E-state index contributed by atoms with van der Waals surface area (Å²) in [5, 5.41) is 12.0. The molecule has 3 rings (SSSR count). The fourth-order valence-electron chi connectivity index (χ4n) is 2.62. The Morgan fingerprint density at radius 3 is 2.19 bits per heavy atom. The van der Waals surface area contributed by atoms with Crippen LogP contribution in [-0.4, -0.2) is 11.3 Å². The van der Waals surface area contributed by atoms with E-state index in [2.05, 4.69) is 23.4 Å². The number of nitrogens with zero attached hydrogens (tertiary/aromatic N) is 2. The number of unbranched alkanes of at least 4 members (excludes halogenated alkanes) is 1. The van der Waals surface area contributed by atoms with Crippen LogP contribution in [0.3, 0.4) is 0 Å². The van der Waals surface area contributed by atoms with Crippen molar-refractivity contribution >= 4 is 11.3 Å². The van der Waals surface area contributed by atoms with Crippen LogP contribution in [0.2, 0.25) is 0 Å². The first-order valence-electron chi connectivity index (χ1n) is 9.04. The second-order valence-electron chi connectivity index (χ2n) is 6.22. The van der Waals surface area contributed by atoms with Gasteiger partial charge in [-0.1, -0.05) is 13.3 Å². The molecular formula is C22H22N2O2S. The number of ether oxygens (including phenoxy) is 2. The minimum absolute atomic E-state index is 0.370. The third-order valence-electron chi connectivity index (χ3n) is 4.08. The third kappa shape index (κ3) is 5.32. The summed E-state index contributed by atoms with van der Waals surface area (Å²) in [4.78, 5) is 4.51. The van der Waals surface area contributed by atoms with Gasteiger partial charge in [0, 0.05) is 17.4 Å². The van der Waals surface area contributed by atoms with Gasteiger partial charge < -0.3 is 9.47 Å². The smallest absolute Gasteiger partial charge is 0.241 e. The summed E-state index contributed by atoms with van der Waals surface area (Å²) in [7, 11) is 0. The Morgan fingerprint density at radius 2 is 1.67 bits per heavy atom. The van der Waals surface area contributed by atoms with Crippen LogP contribution < -0.4 is 9.47 Å². The van der Waals surface area contributed by atoms with Crippen LogP contribution >= 0.6 is 11.3 Å². The average molecular weight is 378 g/mol. The summed E-state index contributed by atoms with van der Waals surface area (Å²) in [5.74, 6) is 1.46. The van der Waals surface area contributed by atoms with E-state index in [0.29, 0.717) is 11.3 Å². The Labute approximate surface area is 164 Å². The molecule has 1 heterocycles. The molecule has 0 amide bonds. The Kier molecular flexibility index (Phi) is 6.45. The highest BCUT2D eigenvalue weighted by atomic mass is 32.1. The number of hydrogen-bond acceptors (Lipinski definition) is 5. The number of benzene rings is 2. The number of aryl methyl sites for hydroxylation is 1. The van der Waals surface area contributed by atoms with Gasteiger partial charge in [0.25, 0.3) is 0 Å². The van der Waals surface area contributed by atoms with Gasteiger partial charge in [-0.3, -0.25) is 0 Å². The van der Waals surface area contributed by atoms with Gasteiger partial charge in [-0.05, 0) is 61.9 Å². The monoisotopic (exact) mass is 378 g/mol. The topological polar surface area (TPSA) is 55.1 Å². The maximum absolute atomic E-state index is 8.91. The lowest BCUT2D eigenvalue weighted by Gasteiger charge is -2.20. The van der Waals surface area contributed by atoms with E-state index >= 15 is 0 Å². The maximum atomic E-state index is 8.91. The molecule has 0 saturated heterocycles. The molecular weight excluding hydrogens is 356 g/mol. The Hall–Kier alpha value is -2.84. The number of hydrogen-bond donors (Lipinski definition) is 0. The molecule has 0 radical (unpaired) electrons. The Morgan fingerprint density at radius 1 is 1.04 bits per heavy atom. The maximum Gasteiger partial charge on any atom is 0.241 e. The molecule has 2 aromatic carbocycles. The molecule has 1 aromatic heterocycles. The molecule has 138 valence electrons. The first-order valence-corrected chi connectivity index (χ1v) is 9.92. The molecule has 0 aliphatic heterocycles. The van der Waals surface area contributed by atoms with Crippen LogP contribution in [0.4, 0.5) is 0 Å². The number of thiazole rings is 1. The molecule has 0 fully saturated rings. The molecule has 27 heavy (non-hydrogen) atoms. The molecule has 0 aliphatic rings. The lowest BCUT2D eigenvalue weighted by Crippen LogP contribution is -2.23. The van der Waals surface area contributed by atoms with Gasteiger partial charge in [-0.25, -0.2) is 4.98 Å². The van der Waals surface area contributed by atoms with Gasteiger partial charge in [0.1, 0.15) is 11.5 Å². The number of rotatable bonds is 8. The van der Waals surface area contributed by atoms with Crippen LogP contribution in [0.15, 0.2) is 53.9 Å². The highest BCUT2D eigenvalue weighted by Gasteiger charge is 2.13. The SMILES string of the molecule is CCCCC(Oc1ccc(C#N)cc1)Oc1ccc(-c2csc(C)n2)cc1. The normalized spacial score (nSPS) is 11.6. The second kappa shape index (κ2) is 9.20. The van der Waals surface area contributed by atoms with Crippen LogP contribution in [-0.2, 0) is 0 Å². The molecule has 4 nitrogen and oxygen atoms in total. The first-order chi connectivity index (χ1) is 13.2. The molecule has 0 spiro atoms. The number of nitriles is 1. The highest BCUT2D eigenvalue weighted by Crippen LogP contribution is 2.25. The van der Waals surface area contributed by atoms with E-state index in [4.69, 9.17) is 14.7 Å². The summed E-state index contributed by atoms with van der Waals surface area (Å²) in [6.07, 6.45) is 2.50. The van der Waals surface area contributed by atoms with Gasteiger partial charge in [-0.2, -0.15) is 5.26 Å². The first kappa shape index (κ1) is 18.9. The van der Waals surface area contributed by atoms with Crippen molar-refractivity contribution in [2.45, 2.75) is 39.4 Å². The zero-order valence-corrected chi connectivity index (χ0v) is 16.3. The van der Waals surface area contributed by atoms with Crippen molar-refractivity contribution in [2.24, 2.45) is 0 Å². The molecule has 0 aliphatic carbocycles. The summed E-state index contributed by atoms with van der Waals surface area (Å²) in [6.45, 7) is 4.15. The summed E-state index contributed by atoms with van der Waals surface area (Å²) < 4.78 is 12.1. The fraction of sp³-hybridized carbons (Fsp3) is 0.273. The standard InChI is InChI=1S/C22H22N2O2S/c1-3-4-5-22(25-19-10-6-17(14-23)7-11-19)26-20-12-8-18(9-13-20)21-15-27-16(2)24-21/h6-13,15,22H,3-5H2,1-2H3. The quantitative estimate of drug-likeness (QED) is 0.454. The minimum Gasteiger partial charge on any atom is -0.455 e. The van der Waals surface area contributed by atoms with Crippen molar-refractivity contribution in [1.29, 1.82) is 5.26 Å². The van der Waals surface area contributed by atoms with Gasteiger partial charge in [0.2, 0.25) is 6.29 Å². The largest absolute Gasteiger partial charge is 0.455 e. The lowest BCUT2D eigenvalue weighted by molar-refractivity contribution is -0.00211. The average Bonchev–Trinajstić information content (AvgIpc) is 3.13. The predicted molar refractivity (Wildman–Crippen MR) is 108 cm³/mol. The van der Waals surface area contributed by atoms with Crippen LogP contribution in [0.5, 0.6) is 11.5 Å². The van der Waals surface area contributed by atoms with Gasteiger partial charge in [0.15, 0.2) is 0 Å². The van der Waals surface area contributed by atoms with Crippen molar-refractivity contribution in [1.82, 2.24) is 4.98 Å². The van der Waals surface area contributed by atoms with Crippen molar-refractivity contribution in [2.75, 3.05) is 0 Å². The zero-order chi connectivity index (χ0) is 19.1. The van der Waals surface area contributed by atoms with E-state index in [1.807, 2.05) is 31.2 Å². The van der Waals surface area contributed by atoms with Crippen molar-refractivity contribution in [3.05, 3.63) is 64.5 Å². The zero-order valence-electron chi connectivity index (χ0n) is 15.5. The fourth-order valence-corrected chi connectivity index (χ4v) is 3.25. The molecule has 0 bridgehead atoms. The van der Waals surface area contributed by atoms with E-state index in [1.54, 1.807) is 35.6 Å². The summed E-state index contributed by atoms with van der Waals surface area (Å²) in [5.41, 5.74) is 2.67. The van der Waals surface area contributed by atoms with Crippen LogP contribution in [0, 0.1) is 18.3 Å². The van der Waals surface area contributed by atoms with E-state index in [0.717, 1.165) is 41.3 Å². The van der Waals surface area contributed by atoms with Gasteiger partial charge >= 0.3 is 0 Å². The molecule has 3 aromatic rings. The van der Waals surface area contributed by atoms with E-state index in [1.165, 1.54) is 0 Å². The molecule has 1 atom stereocenters. The van der Waals surface area contributed by atoms with Gasteiger partial charge in [0.05, 0.1) is 22.3 Å². The third-order valence-corrected chi connectivity index (χ3v) is 4.85. The summed E-state index contributed by atoms with van der Waals surface area (Å²) in [6, 6.07) is 17.1. The minimum atomic E-state index is -0.370. The van der Waals surface area contributed by atoms with E-state index in [-0.39, 0.29) is 6.29 Å². The Balaban J connectivity index is 1.68. The van der Waals surface area contributed by atoms with Crippen molar-refractivity contribution < 1.29 is 9.47 Å². The number of aromatic nitrogens is 1. The highest BCUT2D eigenvalue weighted by molar-refractivity contribution is 7.09. The van der Waals surface area contributed by atoms with Crippen molar-refractivity contribution in [3.63, 3.8) is 0 Å². The Bertz CT molecular complexity index is 895. The lowest BCUT2D eigenvalue weighted by atomic mass is 10.2. The van der Waals surface area contributed by atoms with Gasteiger partial charge in [-0.15, -0.1) is 11.3 Å². The molecule has 0 saturated carbocycles. The second-order valence-corrected chi connectivity index (χ2v) is 7.28. The molecule has 5 heteroatoms. The van der Waals surface area contributed by atoms with Crippen molar-refractivity contribution in [3.8, 4) is 28.8 Å². The molecule has 1 unspecified atom stereocenters. The van der Waals surface area contributed by atoms with Crippen LogP contribution in [0.1, 0.15) is 36.8 Å². The van der Waals surface area contributed by atoms with E-state index < -0.39 is 0 Å². The van der Waals surface area contributed by atoms with Crippen LogP contribution in [0.25, 0.3) is 11.3 Å². The van der Waals surface area contributed by atoms with E-state index in [9.17, 15) is 0 Å². The predicted octanol–water partition coefficient (Wildman–Crippen LogP) is 5.96. The molecule has 0 N–H and O–H groups in total.